The Labute approximate surface area is 185 Å². The van der Waals surface area contributed by atoms with Gasteiger partial charge in [-0.3, -0.25) is 0 Å². The van der Waals surface area contributed by atoms with E-state index in [1.165, 1.54) is 0 Å². The summed E-state index contributed by atoms with van der Waals surface area (Å²) in [6.07, 6.45) is 1.92. The van der Waals surface area contributed by atoms with Crippen LogP contribution in [-0.2, 0) is 12.6 Å². The molecule has 0 amide bonds. The van der Waals surface area contributed by atoms with Gasteiger partial charge in [-0.2, -0.15) is 0 Å². The molecule has 0 N–H and O–H groups in total. The quantitative estimate of drug-likeness (QED) is 0.391. The molecule has 0 bridgehead atoms. The minimum atomic E-state index is -4.03. The van der Waals surface area contributed by atoms with E-state index in [2.05, 4.69) is 55.5 Å². The third kappa shape index (κ3) is 5.16. The van der Waals surface area contributed by atoms with Crippen molar-refractivity contribution in [2.24, 2.45) is 0 Å². The van der Waals surface area contributed by atoms with Gasteiger partial charge in [0.15, 0.2) is 0 Å². The Bertz CT molecular complexity index is 1030. The van der Waals surface area contributed by atoms with E-state index >= 15 is 0 Å². The SMILES string of the molecule is CCC[CH2][Sn]([O]S(=O)(=O)c1ccc(C)cc1)([c]1ccc(C)cc1)[c]1ccc(C)cc1. The van der Waals surface area contributed by atoms with Crippen LogP contribution in [0.2, 0.25) is 4.44 Å². The molecule has 0 fully saturated rings. The predicted octanol–water partition coefficient (Wildman–Crippen LogP) is 4.88. The van der Waals surface area contributed by atoms with Crippen LogP contribution in [0, 0.1) is 20.8 Å². The second-order valence-electron chi connectivity index (χ2n) is 8.01. The van der Waals surface area contributed by atoms with Gasteiger partial charge in [0.25, 0.3) is 0 Å². The van der Waals surface area contributed by atoms with E-state index in [0.717, 1.165) is 41.1 Å². The van der Waals surface area contributed by atoms with Gasteiger partial charge in [0.05, 0.1) is 0 Å². The first-order valence-electron chi connectivity index (χ1n) is 10.4. The van der Waals surface area contributed by atoms with Crippen LogP contribution >= 0.6 is 0 Å². The number of hydrogen-bond acceptors (Lipinski definition) is 3. The molecule has 3 nitrogen and oxygen atoms in total. The van der Waals surface area contributed by atoms with Gasteiger partial charge in [0, 0.05) is 0 Å². The van der Waals surface area contributed by atoms with Crippen LogP contribution in [0.1, 0.15) is 36.5 Å². The molecule has 3 aromatic carbocycles. The molecule has 0 saturated carbocycles. The van der Waals surface area contributed by atoms with E-state index in [0.29, 0.717) is 0 Å². The van der Waals surface area contributed by atoms with Crippen LogP contribution in [-0.4, -0.2) is 27.2 Å². The van der Waals surface area contributed by atoms with Crippen LogP contribution in [0.25, 0.3) is 0 Å². The van der Waals surface area contributed by atoms with Crippen molar-refractivity contribution in [2.45, 2.75) is 49.9 Å². The standard InChI is InChI=1S/C7H8O3S.2C7H7.C4H9.Sn/c1-6-2-4-7(5-3-6)11(8,9)10;2*1-7-5-3-2-4-6-7;1-3-4-2;/h2-5H,1H3,(H,8,9,10);2*3-6H,1H3;1,3-4H2,2H3;/q;;;;+1/p-1. The molecule has 0 aliphatic rings. The summed E-state index contributed by atoms with van der Waals surface area (Å²) in [5, 5.41) is 0. The summed E-state index contributed by atoms with van der Waals surface area (Å²) in [6.45, 7) is 8.17. The molecule has 5 heteroatoms. The Hall–Kier alpha value is -1.63. The first kappa shape index (κ1) is 23.0. The zero-order valence-corrected chi connectivity index (χ0v) is 21.9. The van der Waals surface area contributed by atoms with E-state index < -0.39 is 28.9 Å². The van der Waals surface area contributed by atoms with Crippen molar-refractivity contribution in [1.29, 1.82) is 0 Å². The van der Waals surface area contributed by atoms with Crippen molar-refractivity contribution in [3.63, 3.8) is 0 Å². The number of rotatable bonds is 8. The van der Waals surface area contributed by atoms with Crippen LogP contribution in [0.4, 0.5) is 0 Å². The fraction of sp³-hybridized carbons (Fsp3) is 0.280. The number of benzene rings is 3. The van der Waals surface area contributed by atoms with Crippen molar-refractivity contribution in [2.75, 3.05) is 0 Å². The molecule has 0 atom stereocenters. The van der Waals surface area contributed by atoms with Crippen LogP contribution in [0.3, 0.4) is 0 Å². The molecule has 3 aromatic rings. The molecule has 0 heterocycles. The predicted molar refractivity (Wildman–Crippen MR) is 127 cm³/mol. The first-order valence-corrected chi connectivity index (χ1v) is 17.9. The Morgan fingerprint density at radius 2 is 1.10 bits per heavy atom. The zero-order valence-electron chi connectivity index (χ0n) is 18.2. The van der Waals surface area contributed by atoms with E-state index in [9.17, 15) is 8.42 Å². The van der Waals surface area contributed by atoms with Crippen LogP contribution < -0.4 is 7.16 Å². The summed E-state index contributed by atoms with van der Waals surface area (Å²) in [4.78, 5) is 0.227. The maximum absolute atomic E-state index is 13.4. The number of aryl methyl sites for hydroxylation is 3. The molecule has 3 rings (SSSR count). The molecule has 30 heavy (non-hydrogen) atoms. The van der Waals surface area contributed by atoms with Gasteiger partial charge >= 0.3 is 186 Å². The molecule has 0 aromatic heterocycles. The Balaban J connectivity index is 2.19. The van der Waals surface area contributed by atoms with Crippen LogP contribution in [0.15, 0.2) is 77.7 Å². The monoisotopic (exact) mass is 530 g/mol. The molecule has 0 saturated heterocycles. The normalized spacial score (nSPS) is 12.1. The molecular weight excluding hydrogens is 499 g/mol. The molecule has 0 spiro atoms. The van der Waals surface area contributed by atoms with E-state index in [-0.39, 0.29) is 4.90 Å². The third-order valence-electron chi connectivity index (χ3n) is 5.48. The zero-order chi connectivity index (χ0) is 21.8. The van der Waals surface area contributed by atoms with Crippen molar-refractivity contribution < 1.29 is 10.9 Å². The molecule has 0 unspecified atom stereocenters. The fourth-order valence-electron chi connectivity index (χ4n) is 3.60. The topological polar surface area (TPSA) is 43.4 Å². The molecule has 0 aliphatic heterocycles. The average molecular weight is 529 g/mol. The second-order valence-corrected chi connectivity index (χ2v) is 20.4. The second kappa shape index (κ2) is 9.67. The van der Waals surface area contributed by atoms with Gasteiger partial charge in [-0.05, 0) is 0 Å². The molecule has 0 radical (unpaired) electrons. The Kier molecular flexibility index (Phi) is 7.42. The summed E-state index contributed by atoms with van der Waals surface area (Å²) in [5.41, 5.74) is 3.33. The average Bonchev–Trinajstić information content (AvgIpc) is 2.72. The van der Waals surface area contributed by atoms with Gasteiger partial charge in [-0.25, -0.2) is 0 Å². The van der Waals surface area contributed by atoms with Crippen molar-refractivity contribution >= 4 is 36.1 Å². The fourth-order valence-corrected chi connectivity index (χ4v) is 20.3. The summed E-state index contributed by atoms with van der Waals surface area (Å²) < 4.78 is 36.2. The van der Waals surface area contributed by atoms with Gasteiger partial charge < -0.3 is 0 Å². The van der Waals surface area contributed by atoms with Crippen molar-refractivity contribution in [3.05, 3.63) is 89.5 Å². The van der Waals surface area contributed by atoms with Gasteiger partial charge in [-0.1, -0.05) is 0 Å². The molecule has 0 aliphatic carbocycles. The Morgan fingerprint density at radius 3 is 1.50 bits per heavy atom. The summed E-state index contributed by atoms with van der Waals surface area (Å²) in [5.74, 6) is 0. The van der Waals surface area contributed by atoms with Crippen molar-refractivity contribution in [1.82, 2.24) is 0 Å². The summed E-state index contributed by atoms with van der Waals surface area (Å²) in [7, 11) is -3.89. The number of unbranched alkanes of at least 4 members (excludes halogenated alkanes) is 1. The van der Waals surface area contributed by atoms with E-state index in [1.54, 1.807) is 12.1 Å². The van der Waals surface area contributed by atoms with E-state index in [1.807, 2.05) is 32.9 Å². The summed E-state index contributed by atoms with van der Waals surface area (Å²) in [6, 6.07) is 23.5. The number of hydrogen-bond donors (Lipinski definition) is 0. The van der Waals surface area contributed by atoms with Crippen LogP contribution in [0.5, 0.6) is 0 Å². The Morgan fingerprint density at radius 1 is 0.700 bits per heavy atom. The van der Waals surface area contributed by atoms with E-state index in [4.69, 9.17) is 2.52 Å². The van der Waals surface area contributed by atoms with Gasteiger partial charge in [0.1, 0.15) is 0 Å². The molecular formula is C25H30O3SSn. The molecule has 158 valence electrons. The summed E-state index contributed by atoms with van der Waals surface area (Å²) >= 11 is -4.03. The van der Waals surface area contributed by atoms with Crippen molar-refractivity contribution in [3.8, 4) is 0 Å². The van der Waals surface area contributed by atoms with Gasteiger partial charge in [0.2, 0.25) is 0 Å². The third-order valence-corrected chi connectivity index (χ3v) is 21.4. The maximum atomic E-state index is 13.4. The van der Waals surface area contributed by atoms with Gasteiger partial charge in [-0.15, -0.1) is 0 Å². The first-order chi connectivity index (χ1) is 14.3. The minimum absolute atomic E-state index is 0.227.